The average molecular weight is 454 g/mol. The largest absolute Gasteiger partial charge is 0.476 e. The maximum atomic E-state index is 12.9. The van der Waals surface area contributed by atoms with Crippen molar-refractivity contribution in [2.24, 2.45) is 5.10 Å². The summed E-state index contributed by atoms with van der Waals surface area (Å²) in [6, 6.07) is 22.6. The zero-order valence-corrected chi connectivity index (χ0v) is 18.6. The van der Waals surface area contributed by atoms with Gasteiger partial charge in [-0.1, -0.05) is 30.3 Å². The Kier molecular flexibility index (Phi) is 6.22. The Hall–Kier alpha value is -4.72. The molecule has 1 aliphatic heterocycles. The highest BCUT2D eigenvalue weighted by molar-refractivity contribution is 6.53. The Bertz CT molecular complexity index is 1290. The van der Waals surface area contributed by atoms with Gasteiger partial charge in [0.2, 0.25) is 0 Å². The standard InChI is InChI=1S/C26H22N4O4/c1-29(2)20-14-10-18(11-15-20)24(31)27-19-12-8-17(9-13-19)16-22-23(26(33)34)28-30(25(22)32)21-6-4-3-5-7-21/h3-16H,1-2H3,(H,27,31)(H,33,34). The lowest BCUT2D eigenvalue weighted by molar-refractivity contribution is -0.129. The second kappa shape index (κ2) is 9.41. The number of benzene rings is 3. The molecule has 0 fully saturated rings. The van der Waals surface area contributed by atoms with E-state index in [0.29, 0.717) is 22.5 Å². The van der Waals surface area contributed by atoms with Crippen LogP contribution in [0.4, 0.5) is 17.1 Å². The van der Waals surface area contributed by atoms with Crippen LogP contribution in [-0.4, -0.2) is 42.7 Å². The predicted molar refractivity (Wildman–Crippen MR) is 132 cm³/mol. The predicted octanol–water partition coefficient (Wildman–Crippen LogP) is 3.88. The minimum absolute atomic E-state index is 0.0193. The number of anilines is 3. The van der Waals surface area contributed by atoms with Gasteiger partial charge in [0.05, 0.1) is 11.3 Å². The molecule has 0 saturated heterocycles. The summed E-state index contributed by atoms with van der Waals surface area (Å²) >= 11 is 0. The van der Waals surface area contributed by atoms with E-state index < -0.39 is 11.9 Å². The lowest BCUT2D eigenvalue weighted by Crippen LogP contribution is -2.22. The summed E-state index contributed by atoms with van der Waals surface area (Å²) < 4.78 is 0. The first-order valence-corrected chi connectivity index (χ1v) is 10.5. The van der Waals surface area contributed by atoms with Crippen LogP contribution in [0.3, 0.4) is 0 Å². The van der Waals surface area contributed by atoms with Crippen LogP contribution in [0.15, 0.2) is 89.5 Å². The van der Waals surface area contributed by atoms with Gasteiger partial charge in [-0.3, -0.25) is 9.59 Å². The molecule has 1 heterocycles. The molecule has 3 aromatic rings. The van der Waals surface area contributed by atoms with Crippen molar-refractivity contribution in [3.05, 3.63) is 95.6 Å². The number of rotatable bonds is 6. The van der Waals surface area contributed by atoms with E-state index in [2.05, 4.69) is 10.4 Å². The Morgan fingerprint density at radius 1 is 0.941 bits per heavy atom. The van der Waals surface area contributed by atoms with Crippen LogP contribution in [0.2, 0.25) is 0 Å². The number of carbonyl (C=O) groups is 3. The number of carbonyl (C=O) groups excluding carboxylic acids is 2. The fraction of sp³-hybridized carbons (Fsp3) is 0.0769. The van der Waals surface area contributed by atoms with Gasteiger partial charge in [-0.25, -0.2) is 4.79 Å². The maximum absolute atomic E-state index is 12.9. The van der Waals surface area contributed by atoms with Crippen LogP contribution in [-0.2, 0) is 9.59 Å². The maximum Gasteiger partial charge on any atom is 0.357 e. The van der Waals surface area contributed by atoms with Gasteiger partial charge in [0, 0.05) is 31.0 Å². The molecule has 0 radical (unpaired) electrons. The van der Waals surface area contributed by atoms with Gasteiger partial charge in [0.25, 0.3) is 11.8 Å². The quantitative estimate of drug-likeness (QED) is 0.551. The van der Waals surface area contributed by atoms with Crippen molar-refractivity contribution < 1.29 is 19.5 Å². The smallest absolute Gasteiger partial charge is 0.357 e. The molecule has 0 aliphatic carbocycles. The number of aliphatic carboxylic acids is 1. The SMILES string of the molecule is CN(C)c1ccc(C(=O)Nc2ccc(C=C3C(=O)N(c4ccccc4)N=C3C(=O)O)cc2)cc1. The number of hydrogen-bond acceptors (Lipinski definition) is 5. The molecule has 3 aromatic carbocycles. The average Bonchev–Trinajstić information content (AvgIpc) is 3.17. The van der Waals surface area contributed by atoms with E-state index in [-0.39, 0.29) is 17.2 Å². The van der Waals surface area contributed by atoms with Gasteiger partial charge in [0.15, 0.2) is 5.71 Å². The molecule has 8 heteroatoms. The highest BCUT2D eigenvalue weighted by Crippen LogP contribution is 2.25. The third-order valence-electron chi connectivity index (χ3n) is 5.21. The topological polar surface area (TPSA) is 102 Å². The second-order valence-corrected chi connectivity index (χ2v) is 7.78. The molecule has 170 valence electrons. The number of para-hydroxylation sites is 1. The Morgan fingerprint density at radius 3 is 2.18 bits per heavy atom. The molecule has 0 aromatic heterocycles. The van der Waals surface area contributed by atoms with Crippen LogP contribution < -0.4 is 15.2 Å². The van der Waals surface area contributed by atoms with Crippen molar-refractivity contribution in [2.45, 2.75) is 0 Å². The van der Waals surface area contributed by atoms with Gasteiger partial charge < -0.3 is 15.3 Å². The highest BCUT2D eigenvalue weighted by atomic mass is 16.4. The first kappa shape index (κ1) is 22.5. The van der Waals surface area contributed by atoms with Crippen LogP contribution >= 0.6 is 0 Å². The normalized spacial score (nSPS) is 14.2. The fourth-order valence-electron chi connectivity index (χ4n) is 3.39. The molecule has 34 heavy (non-hydrogen) atoms. The fourth-order valence-corrected chi connectivity index (χ4v) is 3.39. The minimum atomic E-state index is -1.29. The number of carboxylic acids is 1. The van der Waals surface area contributed by atoms with Crippen LogP contribution in [0.25, 0.3) is 6.08 Å². The van der Waals surface area contributed by atoms with Gasteiger partial charge in [-0.05, 0) is 60.2 Å². The van der Waals surface area contributed by atoms with Crippen molar-refractivity contribution in [1.29, 1.82) is 0 Å². The first-order valence-electron chi connectivity index (χ1n) is 10.5. The molecule has 2 N–H and O–H groups in total. The molecule has 2 amide bonds. The van der Waals surface area contributed by atoms with Crippen molar-refractivity contribution in [2.75, 3.05) is 29.3 Å². The summed E-state index contributed by atoms with van der Waals surface area (Å²) in [4.78, 5) is 39.0. The van der Waals surface area contributed by atoms with Crippen molar-refractivity contribution in [1.82, 2.24) is 0 Å². The number of nitrogens with zero attached hydrogens (tertiary/aromatic N) is 3. The molecule has 0 saturated carbocycles. The van der Waals surface area contributed by atoms with Crippen LogP contribution in [0.1, 0.15) is 15.9 Å². The monoisotopic (exact) mass is 454 g/mol. The third-order valence-corrected chi connectivity index (χ3v) is 5.21. The van der Waals surface area contributed by atoms with E-state index in [4.69, 9.17) is 0 Å². The summed E-state index contributed by atoms with van der Waals surface area (Å²) in [6.45, 7) is 0. The van der Waals surface area contributed by atoms with Crippen molar-refractivity contribution in [3.63, 3.8) is 0 Å². The molecule has 1 aliphatic rings. The molecule has 0 spiro atoms. The molecule has 0 unspecified atom stereocenters. The minimum Gasteiger partial charge on any atom is -0.476 e. The summed E-state index contributed by atoms with van der Waals surface area (Å²) in [5.41, 5.74) is 2.81. The Balaban J connectivity index is 1.51. The lowest BCUT2D eigenvalue weighted by Gasteiger charge is -2.12. The number of hydrazone groups is 1. The van der Waals surface area contributed by atoms with Crippen molar-refractivity contribution in [3.8, 4) is 0 Å². The molecule has 8 nitrogen and oxygen atoms in total. The second-order valence-electron chi connectivity index (χ2n) is 7.78. The number of amides is 2. The molecular formula is C26H22N4O4. The van der Waals surface area contributed by atoms with E-state index in [1.54, 1.807) is 66.7 Å². The molecular weight excluding hydrogens is 432 g/mol. The van der Waals surface area contributed by atoms with Gasteiger partial charge >= 0.3 is 5.97 Å². The lowest BCUT2D eigenvalue weighted by atomic mass is 10.1. The van der Waals surface area contributed by atoms with E-state index in [1.165, 1.54) is 6.08 Å². The summed E-state index contributed by atoms with van der Waals surface area (Å²) in [5, 5.41) is 17.4. The first-order chi connectivity index (χ1) is 16.3. The molecule has 0 atom stereocenters. The summed E-state index contributed by atoms with van der Waals surface area (Å²) in [6.07, 6.45) is 1.48. The zero-order chi connectivity index (χ0) is 24.2. The molecule has 4 rings (SSSR count). The highest BCUT2D eigenvalue weighted by Gasteiger charge is 2.35. The van der Waals surface area contributed by atoms with E-state index in [0.717, 1.165) is 10.7 Å². The van der Waals surface area contributed by atoms with Gasteiger partial charge in [-0.15, -0.1) is 0 Å². The zero-order valence-electron chi connectivity index (χ0n) is 18.6. The Labute approximate surface area is 196 Å². The number of carboxylic acid groups (broad SMARTS) is 1. The van der Waals surface area contributed by atoms with Crippen molar-refractivity contribution >= 4 is 46.6 Å². The van der Waals surface area contributed by atoms with Gasteiger partial charge in [-0.2, -0.15) is 10.1 Å². The summed E-state index contributed by atoms with van der Waals surface area (Å²) in [5.74, 6) is -2.06. The number of nitrogens with one attached hydrogen (secondary N) is 1. The molecule has 0 bridgehead atoms. The van der Waals surface area contributed by atoms with Gasteiger partial charge in [0.1, 0.15) is 0 Å². The van der Waals surface area contributed by atoms with E-state index in [9.17, 15) is 19.5 Å². The van der Waals surface area contributed by atoms with E-state index in [1.807, 2.05) is 31.1 Å². The van der Waals surface area contributed by atoms with Crippen LogP contribution in [0, 0.1) is 0 Å². The van der Waals surface area contributed by atoms with E-state index >= 15 is 0 Å². The summed E-state index contributed by atoms with van der Waals surface area (Å²) in [7, 11) is 3.85. The van der Waals surface area contributed by atoms with Crippen LogP contribution in [0.5, 0.6) is 0 Å². The number of hydrogen-bond donors (Lipinski definition) is 2. The Morgan fingerprint density at radius 2 is 1.59 bits per heavy atom. The third kappa shape index (κ3) is 4.71.